The van der Waals surface area contributed by atoms with Crippen LogP contribution in [0.15, 0.2) is 0 Å². The van der Waals surface area contributed by atoms with E-state index in [1.54, 1.807) is 11.8 Å². The van der Waals surface area contributed by atoms with Gasteiger partial charge < -0.3 is 10.2 Å². The van der Waals surface area contributed by atoms with Crippen molar-refractivity contribution in [1.29, 1.82) is 0 Å². The topological polar surface area (TPSA) is 58.1 Å². The van der Waals surface area contributed by atoms with Crippen molar-refractivity contribution in [3.63, 3.8) is 0 Å². The van der Waals surface area contributed by atoms with Gasteiger partial charge in [0, 0.05) is 7.05 Å². The van der Waals surface area contributed by atoms with E-state index in [1.807, 2.05) is 14.0 Å². The Morgan fingerprint density at radius 2 is 2.13 bits per heavy atom. The van der Waals surface area contributed by atoms with E-state index >= 15 is 0 Å². The minimum atomic E-state index is -0.247. The Balaban J connectivity index is 2.60. The first kappa shape index (κ1) is 10.2. The highest BCUT2D eigenvalue weighted by atomic mass is 35.5. The Hall–Kier alpha value is -1.36. The first-order valence-electron chi connectivity index (χ1n) is 4.58. The summed E-state index contributed by atoms with van der Waals surface area (Å²) in [6.45, 7) is 3.60. The Kier molecular flexibility index (Phi) is 2.26. The Labute approximate surface area is 92.5 Å². The lowest BCUT2D eigenvalue weighted by Gasteiger charge is -2.32. The predicted molar refractivity (Wildman–Crippen MR) is 58.3 cm³/mol. The molecule has 80 valence electrons. The Morgan fingerprint density at radius 3 is 2.80 bits per heavy atom. The number of fused-ring (bicyclic) bond motifs is 1. The molecule has 1 N–H and O–H groups in total. The number of carbonyl (C=O) groups is 1. The molecule has 1 aromatic rings. The third-order valence-electron chi connectivity index (χ3n) is 2.59. The fourth-order valence-electron chi connectivity index (χ4n) is 1.51. The maximum absolute atomic E-state index is 11.6. The van der Waals surface area contributed by atoms with Crippen LogP contribution in [0.2, 0.25) is 5.28 Å². The number of hydrogen-bond donors (Lipinski definition) is 1. The molecule has 0 aromatic carbocycles. The number of aromatic nitrogens is 2. The standard InChI is InChI=1S/C9H11ClN4O/c1-4-6-7(13-9(10)11-4)14(3)5(2)8(15)12-6/h5H,1-3H3,(H,12,15). The highest BCUT2D eigenvalue weighted by Crippen LogP contribution is 2.31. The number of nitrogens with one attached hydrogen (secondary N) is 1. The van der Waals surface area contributed by atoms with Crippen molar-refractivity contribution in [2.75, 3.05) is 17.3 Å². The van der Waals surface area contributed by atoms with Crippen LogP contribution in [0.4, 0.5) is 11.5 Å². The van der Waals surface area contributed by atoms with E-state index in [-0.39, 0.29) is 17.2 Å². The fourth-order valence-corrected chi connectivity index (χ4v) is 1.72. The smallest absolute Gasteiger partial charge is 0.246 e. The van der Waals surface area contributed by atoms with E-state index in [9.17, 15) is 4.79 Å². The summed E-state index contributed by atoms with van der Waals surface area (Å²) in [7, 11) is 1.81. The van der Waals surface area contributed by atoms with Gasteiger partial charge in [-0.15, -0.1) is 0 Å². The van der Waals surface area contributed by atoms with E-state index in [2.05, 4.69) is 15.3 Å². The van der Waals surface area contributed by atoms with Gasteiger partial charge in [0.15, 0.2) is 5.82 Å². The zero-order chi connectivity index (χ0) is 11.2. The van der Waals surface area contributed by atoms with Crippen LogP contribution in [0, 0.1) is 6.92 Å². The van der Waals surface area contributed by atoms with E-state index < -0.39 is 0 Å². The zero-order valence-corrected chi connectivity index (χ0v) is 9.46. The molecule has 0 saturated heterocycles. The van der Waals surface area contributed by atoms with Gasteiger partial charge in [-0.05, 0) is 25.4 Å². The molecule has 6 heteroatoms. The number of nitrogens with zero attached hydrogens (tertiary/aromatic N) is 3. The molecule has 15 heavy (non-hydrogen) atoms. The molecule has 1 aromatic heterocycles. The molecule has 0 spiro atoms. The van der Waals surface area contributed by atoms with E-state index in [0.717, 1.165) is 0 Å². The molecular weight excluding hydrogens is 216 g/mol. The van der Waals surface area contributed by atoms with Crippen molar-refractivity contribution in [3.05, 3.63) is 11.0 Å². The normalized spacial score (nSPS) is 19.9. The molecule has 1 aliphatic rings. The monoisotopic (exact) mass is 226 g/mol. The number of amides is 1. The summed E-state index contributed by atoms with van der Waals surface area (Å²) in [4.78, 5) is 21.4. The minimum Gasteiger partial charge on any atom is -0.346 e. The largest absolute Gasteiger partial charge is 0.346 e. The van der Waals surface area contributed by atoms with Gasteiger partial charge in [0.25, 0.3) is 0 Å². The summed E-state index contributed by atoms with van der Waals surface area (Å²) in [6.07, 6.45) is 0. The van der Waals surface area contributed by atoms with E-state index in [1.165, 1.54) is 0 Å². The van der Waals surface area contributed by atoms with Crippen LogP contribution >= 0.6 is 11.6 Å². The average molecular weight is 227 g/mol. The highest BCUT2D eigenvalue weighted by Gasteiger charge is 2.29. The van der Waals surface area contributed by atoms with Crippen LogP contribution in [-0.2, 0) is 4.79 Å². The van der Waals surface area contributed by atoms with Crippen molar-refractivity contribution in [2.24, 2.45) is 0 Å². The lowest BCUT2D eigenvalue weighted by molar-refractivity contribution is -0.117. The van der Waals surface area contributed by atoms with Crippen molar-refractivity contribution in [2.45, 2.75) is 19.9 Å². The zero-order valence-electron chi connectivity index (χ0n) is 8.71. The second kappa shape index (κ2) is 3.34. The highest BCUT2D eigenvalue weighted by molar-refractivity contribution is 6.28. The van der Waals surface area contributed by atoms with Crippen LogP contribution in [0.5, 0.6) is 0 Å². The number of rotatable bonds is 0. The Morgan fingerprint density at radius 1 is 1.47 bits per heavy atom. The molecule has 2 heterocycles. The van der Waals surface area contributed by atoms with Gasteiger partial charge in [0.1, 0.15) is 11.7 Å². The van der Waals surface area contributed by atoms with E-state index in [0.29, 0.717) is 17.2 Å². The van der Waals surface area contributed by atoms with Gasteiger partial charge in [-0.25, -0.2) is 4.98 Å². The maximum atomic E-state index is 11.6. The van der Waals surface area contributed by atoms with Crippen LogP contribution < -0.4 is 10.2 Å². The van der Waals surface area contributed by atoms with Gasteiger partial charge >= 0.3 is 0 Å². The molecule has 1 amide bonds. The number of anilines is 2. The first-order valence-corrected chi connectivity index (χ1v) is 4.96. The summed E-state index contributed by atoms with van der Waals surface area (Å²) in [5.41, 5.74) is 1.32. The lowest BCUT2D eigenvalue weighted by atomic mass is 10.2. The molecular formula is C9H11ClN4O. The number of likely N-dealkylation sites (N-methyl/N-ethyl adjacent to an activating group) is 1. The predicted octanol–water partition coefficient (Wildman–Crippen LogP) is 1.22. The third kappa shape index (κ3) is 1.52. The second-order valence-electron chi connectivity index (χ2n) is 3.55. The van der Waals surface area contributed by atoms with Crippen LogP contribution in [-0.4, -0.2) is 29.0 Å². The molecule has 5 nitrogen and oxygen atoms in total. The van der Waals surface area contributed by atoms with Crippen molar-refractivity contribution < 1.29 is 4.79 Å². The fraction of sp³-hybridized carbons (Fsp3) is 0.444. The van der Waals surface area contributed by atoms with Gasteiger partial charge in [0.05, 0.1) is 5.69 Å². The second-order valence-corrected chi connectivity index (χ2v) is 3.89. The van der Waals surface area contributed by atoms with E-state index in [4.69, 9.17) is 11.6 Å². The molecule has 0 bridgehead atoms. The first-order chi connectivity index (χ1) is 7.00. The van der Waals surface area contributed by atoms with Crippen molar-refractivity contribution >= 4 is 29.0 Å². The summed E-state index contributed by atoms with van der Waals surface area (Å²) in [5.74, 6) is 0.610. The third-order valence-corrected chi connectivity index (χ3v) is 2.76. The van der Waals surface area contributed by atoms with Gasteiger partial charge in [0.2, 0.25) is 11.2 Å². The number of hydrogen-bond acceptors (Lipinski definition) is 4. The lowest BCUT2D eigenvalue weighted by Crippen LogP contribution is -2.44. The molecule has 2 rings (SSSR count). The molecule has 1 aliphatic heterocycles. The quantitative estimate of drug-likeness (QED) is 0.676. The molecule has 0 radical (unpaired) electrons. The van der Waals surface area contributed by atoms with Crippen LogP contribution in [0.3, 0.4) is 0 Å². The molecule has 1 atom stereocenters. The van der Waals surface area contributed by atoms with Gasteiger partial charge in [-0.3, -0.25) is 4.79 Å². The van der Waals surface area contributed by atoms with Gasteiger partial charge in [-0.2, -0.15) is 4.98 Å². The number of halogens is 1. The minimum absolute atomic E-state index is 0.0565. The van der Waals surface area contributed by atoms with Gasteiger partial charge in [-0.1, -0.05) is 0 Å². The Bertz CT molecular complexity index is 434. The van der Waals surface area contributed by atoms with Crippen molar-refractivity contribution in [1.82, 2.24) is 9.97 Å². The van der Waals surface area contributed by atoms with Crippen LogP contribution in [0.1, 0.15) is 12.6 Å². The summed E-state index contributed by atoms with van der Waals surface area (Å²) >= 11 is 5.77. The average Bonchev–Trinajstić information content (AvgIpc) is 2.17. The van der Waals surface area contributed by atoms with Crippen molar-refractivity contribution in [3.8, 4) is 0 Å². The number of aryl methyl sites for hydroxylation is 1. The molecule has 0 aliphatic carbocycles. The maximum Gasteiger partial charge on any atom is 0.246 e. The van der Waals surface area contributed by atoms with Crippen LogP contribution in [0.25, 0.3) is 0 Å². The summed E-state index contributed by atoms with van der Waals surface area (Å²) in [5, 5.41) is 2.97. The molecule has 0 fully saturated rings. The summed E-state index contributed by atoms with van der Waals surface area (Å²) < 4.78 is 0. The SMILES string of the molecule is Cc1nc(Cl)nc2c1NC(=O)C(C)N2C. The summed E-state index contributed by atoms with van der Waals surface area (Å²) in [6, 6.07) is -0.247. The molecule has 0 saturated carbocycles. The molecule has 1 unspecified atom stereocenters. The number of carbonyl (C=O) groups excluding carboxylic acids is 1.